The van der Waals surface area contributed by atoms with Gasteiger partial charge in [0.25, 0.3) is 5.91 Å². The maximum atomic E-state index is 12.8. The molecule has 2 saturated heterocycles. The quantitative estimate of drug-likeness (QED) is 0.820. The number of hydrogen-bond donors (Lipinski definition) is 1. The summed E-state index contributed by atoms with van der Waals surface area (Å²) in [6.45, 7) is 6.13. The standard InChI is InChI=1S/C20H26ClN5O.ClH/c21-17-5-3-16(4-6-17)15-24-10-12-25(13-11-24)20(27)19-7-9-26(23-19)18-2-1-8-22-14-18;/h3-7,9,18,22H,1-2,8,10-15H2;1H. The molecule has 0 bridgehead atoms. The van der Waals surface area contributed by atoms with Gasteiger partial charge in [0.05, 0.1) is 6.04 Å². The van der Waals surface area contributed by atoms with E-state index in [-0.39, 0.29) is 18.3 Å². The van der Waals surface area contributed by atoms with Crippen molar-refractivity contribution in [3.63, 3.8) is 0 Å². The van der Waals surface area contributed by atoms with E-state index in [2.05, 4.69) is 27.4 Å². The highest BCUT2D eigenvalue weighted by Crippen LogP contribution is 2.17. The number of benzene rings is 1. The second-order valence-electron chi connectivity index (χ2n) is 7.38. The molecule has 2 aromatic rings. The molecule has 3 heterocycles. The molecule has 152 valence electrons. The zero-order valence-electron chi connectivity index (χ0n) is 15.9. The Morgan fingerprint density at radius 3 is 2.57 bits per heavy atom. The smallest absolute Gasteiger partial charge is 0.274 e. The fourth-order valence-corrected chi connectivity index (χ4v) is 3.96. The molecule has 2 aliphatic rings. The number of nitrogens with one attached hydrogen (secondary N) is 1. The maximum Gasteiger partial charge on any atom is 0.274 e. The van der Waals surface area contributed by atoms with Crippen LogP contribution in [0.2, 0.25) is 5.02 Å². The summed E-state index contributed by atoms with van der Waals surface area (Å²) in [5.41, 5.74) is 1.81. The van der Waals surface area contributed by atoms with E-state index >= 15 is 0 Å². The monoisotopic (exact) mass is 423 g/mol. The van der Waals surface area contributed by atoms with Crippen LogP contribution in [0.3, 0.4) is 0 Å². The Morgan fingerprint density at radius 2 is 1.89 bits per heavy atom. The third-order valence-corrected chi connectivity index (χ3v) is 5.70. The first-order valence-electron chi connectivity index (χ1n) is 9.71. The van der Waals surface area contributed by atoms with Crippen LogP contribution in [-0.2, 0) is 6.54 Å². The zero-order chi connectivity index (χ0) is 18.6. The number of aromatic nitrogens is 2. The molecule has 2 aliphatic heterocycles. The molecule has 1 unspecified atom stereocenters. The minimum Gasteiger partial charge on any atom is -0.335 e. The van der Waals surface area contributed by atoms with Crippen LogP contribution in [0.1, 0.15) is 34.9 Å². The summed E-state index contributed by atoms with van der Waals surface area (Å²) >= 11 is 5.95. The average Bonchev–Trinajstić information content (AvgIpc) is 3.21. The molecule has 2 fully saturated rings. The predicted octanol–water partition coefficient (Wildman–Crippen LogP) is 2.84. The zero-order valence-corrected chi connectivity index (χ0v) is 17.5. The van der Waals surface area contributed by atoms with E-state index in [1.54, 1.807) is 0 Å². The predicted molar refractivity (Wildman–Crippen MR) is 113 cm³/mol. The number of piperidine rings is 1. The second kappa shape index (κ2) is 9.74. The lowest BCUT2D eigenvalue weighted by molar-refractivity contribution is 0.0621. The van der Waals surface area contributed by atoms with E-state index in [9.17, 15) is 4.79 Å². The summed E-state index contributed by atoms with van der Waals surface area (Å²) in [6, 6.07) is 10.2. The highest BCUT2D eigenvalue weighted by Gasteiger charge is 2.24. The molecule has 0 saturated carbocycles. The Balaban J connectivity index is 0.00000225. The first-order chi connectivity index (χ1) is 13.2. The molecule has 28 heavy (non-hydrogen) atoms. The van der Waals surface area contributed by atoms with Crippen LogP contribution < -0.4 is 5.32 Å². The number of rotatable bonds is 4. The van der Waals surface area contributed by atoms with E-state index in [1.807, 2.05) is 34.0 Å². The lowest BCUT2D eigenvalue weighted by Crippen LogP contribution is -2.48. The Morgan fingerprint density at radius 1 is 1.14 bits per heavy atom. The lowest BCUT2D eigenvalue weighted by atomic mass is 10.1. The van der Waals surface area contributed by atoms with Crippen molar-refractivity contribution in [2.45, 2.75) is 25.4 Å². The van der Waals surface area contributed by atoms with Gasteiger partial charge >= 0.3 is 0 Å². The highest BCUT2D eigenvalue weighted by atomic mass is 35.5. The number of hydrogen-bond acceptors (Lipinski definition) is 4. The minimum absolute atomic E-state index is 0. The van der Waals surface area contributed by atoms with Crippen LogP contribution in [-0.4, -0.2) is 64.8 Å². The van der Waals surface area contributed by atoms with Crippen LogP contribution in [0.5, 0.6) is 0 Å². The number of piperazine rings is 1. The van der Waals surface area contributed by atoms with E-state index in [0.29, 0.717) is 11.7 Å². The van der Waals surface area contributed by atoms with Gasteiger partial charge in [-0.3, -0.25) is 14.4 Å². The number of carbonyl (C=O) groups is 1. The normalized spacial score (nSPS) is 20.6. The van der Waals surface area contributed by atoms with Crippen molar-refractivity contribution >= 4 is 29.9 Å². The molecule has 1 aromatic heterocycles. The van der Waals surface area contributed by atoms with E-state index in [0.717, 1.165) is 63.7 Å². The van der Waals surface area contributed by atoms with Gasteiger partial charge in [-0.05, 0) is 43.1 Å². The number of carbonyl (C=O) groups excluding carboxylic acids is 1. The summed E-state index contributed by atoms with van der Waals surface area (Å²) in [5.74, 6) is 0.0451. The van der Waals surface area contributed by atoms with Gasteiger partial charge in [0.2, 0.25) is 0 Å². The Bertz CT molecular complexity index is 765. The molecule has 0 spiro atoms. The topological polar surface area (TPSA) is 53.4 Å². The summed E-state index contributed by atoms with van der Waals surface area (Å²) in [5, 5.41) is 8.72. The van der Waals surface area contributed by atoms with Gasteiger partial charge < -0.3 is 10.2 Å². The summed E-state index contributed by atoms with van der Waals surface area (Å²) in [7, 11) is 0. The number of halogens is 2. The van der Waals surface area contributed by atoms with Crippen LogP contribution in [0.15, 0.2) is 36.5 Å². The molecule has 1 atom stereocenters. The first kappa shape index (κ1) is 21.1. The van der Waals surface area contributed by atoms with Crippen molar-refractivity contribution in [2.24, 2.45) is 0 Å². The third-order valence-electron chi connectivity index (χ3n) is 5.45. The van der Waals surface area contributed by atoms with Gasteiger partial charge in [0.1, 0.15) is 5.69 Å². The maximum absolute atomic E-state index is 12.8. The second-order valence-corrected chi connectivity index (χ2v) is 7.81. The first-order valence-corrected chi connectivity index (χ1v) is 10.1. The van der Waals surface area contributed by atoms with E-state index in [1.165, 1.54) is 5.56 Å². The van der Waals surface area contributed by atoms with Crippen LogP contribution >= 0.6 is 24.0 Å². The Hall–Kier alpha value is -1.60. The lowest BCUT2D eigenvalue weighted by Gasteiger charge is -2.34. The molecule has 1 aromatic carbocycles. The van der Waals surface area contributed by atoms with Crippen molar-refractivity contribution in [1.82, 2.24) is 24.9 Å². The van der Waals surface area contributed by atoms with E-state index < -0.39 is 0 Å². The van der Waals surface area contributed by atoms with Crippen molar-refractivity contribution in [3.8, 4) is 0 Å². The average molecular weight is 424 g/mol. The van der Waals surface area contributed by atoms with Crippen LogP contribution in [0.25, 0.3) is 0 Å². The Kier molecular flexibility index (Phi) is 7.35. The van der Waals surface area contributed by atoms with Gasteiger partial charge in [0.15, 0.2) is 0 Å². The van der Waals surface area contributed by atoms with Crippen molar-refractivity contribution in [3.05, 3.63) is 52.8 Å². The third kappa shape index (κ3) is 5.06. The molecule has 4 rings (SSSR count). The van der Waals surface area contributed by atoms with Gasteiger partial charge in [-0.2, -0.15) is 5.10 Å². The summed E-state index contributed by atoms with van der Waals surface area (Å²) < 4.78 is 1.95. The summed E-state index contributed by atoms with van der Waals surface area (Å²) in [4.78, 5) is 17.1. The molecule has 6 nitrogen and oxygen atoms in total. The fraction of sp³-hybridized carbons (Fsp3) is 0.500. The van der Waals surface area contributed by atoms with Crippen molar-refractivity contribution < 1.29 is 4.79 Å². The highest BCUT2D eigenvalue weighted by molar-refractivity contribution is 6.30. The molecule has 8 heteroatoms. The largest absolute Gasteiger partial charge is 0.335 e. The molecule has 1 N–H and O–H groups in total. The van der Waals surface area contributed by atoms with Gasteiger partial charge in [-0.1, -0.05) is 23.7 Å². The molecular formula is C20H27Cl2N5O. The SMILES string of the molecule is Cl.O=C(c1ccn(C2CCCNC2)n1)N1CCN(Cc2ccc(Cl)cc2)CC1. The minimum atomic E-state index is 0. The molecule has 0 radical (unpaired) electrons. The Labute approximate surface area is 177 Å². The number of nitrogens with zero attached hydrogens (tertiary/aromatic N) is 4. The van der Waals surface area contributed by atoms with Crippen LogP contribution in [0.4, 0.5) is 0 Å². The van der Waals surface area contributed by atoms with Gasteiger partial charge in [-0.25, -0.2) is 0 Å². The van der Waals surface area contributed by atoms with Gasteiger partial charge in [0, 0.05) is 50.5 Å². The fourth-order valence-electron chi connectivity index (χ4n) is 3.83. The van der Waals surface area contributed by atoms with Crippen molar-refractivity contribution in [2.75, 3.05) is 39.3 Å². The molecule has 0 aliphatic carbocycles. The molecule has 1 amide bonds. The van der Waals surface area contributed by atoms with Crippen molar-refractivity contribution in [1.29, 1.82) is 0 Å². The van der Waals surface area contributed by atoms with Gasteiger partial charge in [-0.15, -0.1) is 12.4 Å². The molecular weight excluding hydrogens is 397 g/mol. The summed E-state index contributed by atoms with van der Waals surface area (Å²) in [6.07, 6.45) is 4.22. The van der Waals surface area contributed by atoms with E-state index in [4.69, 9.17) is 11.6 Å². The number of amides is 1. The van der Waals surface area contributed by atoms with Crippen LogP contribution in [0, 0.1) is 0 Å².